The second-order valence-corrected chi connectivity index (χ2v) is 7.62. The Morgan fingerprint density at radius 3 is 2.33 bits per heavy atom. The first-order valence-corrected chi connectivity index (χ1v) is 9.53. The number of benzene rings is 1. The van der Waals surface area contributed by atoms with Crippen LogP contribution in [0.25, 0.3) is 0 Å². The van der Waals surface area contributed by atoms with Crippen molar-refractivity contribution in [1.29, 1.82) is 0 Å². The lowest BCUT2D eigenvalue weighted by molar-refractivity contribution is -0.127. The van der Waals surface area contributed by atoms with E-state index in [1.807, 2.05) is 45.0 Å². The summed E-state index contributed by atoms with van der Waals surface area (Å²) in [4.78, 5) is 29.3. The summed E-state index contributed by atoms with van der Waals surface area (Å²) in [5, 5.41) is 9.00. The highest BCUT2D eigenvalue weighted by Crippen LogP contribution is 2.13. The molecule has 1 rings (SSSR count). The molecule has 0 heterocycles. The van der Waals surface area contributed by atoms with Gasteiger partial charge in [-0.3, -0.25) is 10.1 Å². The van der Waals surface area contributed by atoms with Crippen LogP contribution in [0.1, 0.15) is 26.3 Å². The van der Waals surface area contributed by atoms with Gasteiger partial charge in [-0.2, -0.15) is 0 Å². The number of guanidine groups is 1. The normalized spacial score (nSPS) is 11.0. The minimum atomic E-state index is -0.536. The van der Waals surface area contributed by atoms with E-state index in [1.165, 1.54) is 4.90 Å². The van der Waals surface area contributed by atoms with Gasteiger partial charge in [0.2, 0.25) is 5.91 Å². The molecule has 0 saturated carbocycles. The Morgan fingerprint density at radius 1 is 1.17 bits per heavy atom. The van der Waals surface area contributed by atoms with Gasteiger partial charge in [0.1, 0.15) is 12.1 Å². The predicted octanol–water partition coefficient (Wildman–Crippen LogP) is 3.00. The van der Waals surface area contributed by atoms with Crippen LogP contribution in [0.15, 0.2) is 41.9 Å². The predicted molar refractivity (Wildman–Crippen MR) is 133 cm³/mol. The Kier molecular flexibility index (Phi) is 12.8. The van der Waals surface area contributed by atoms with Gasteiger partial charge in [0.15, 0.2) is 5.96 Å². The fourth-order valence-electron chi connectivity index (χ4n) is 2.13. The van der Waals surface area contributed by atoms with Gasteiger partial charge in [-0.05, 0) is 44.9 Å². The SMILES string of the molecule is C=CCNC(=NCC(=O)N(C)C)NCCc1ccc(NC(=O)OC(C)(C)C)cc1.I. The van der Waals surface area contributed by atoms with Crippen molar-refractivity contribution < 1.29 is 14.3 Å². The third-order valence-electron chi connectivity index (χ3n) is 3.59. The molecule has 9 heteroatoms. The van der Waals surface area contributed by atoms with E-state index in [1.54, 1.807) is 20.2 Å². The highest BCUT2D eigenvalue weighted by Gasteiger charge is 2.16. The summed E-state index contributed by atoms with van der Waals surface area (Å²) in [5.41, 5.74) is 1.24. The number of rotatable bonds is 8. The number of ether oxygens (including phenoxy) is 1. The van der Waals surface area contributed by atoms with E-state index in [0.717, 1.165) is 12.0 Å². The molecule has 0 aliphatic heterocycles. The molecule has 2 amide bonds. The zero-order chi connectivity index (χ0) is 21.9. The van der Waals surface area contributed by atoms with Crippen LogP contribution in [0, 0.1) is 0 Å². The number of nitrogens with one attached hydrogen (secondary N) is 3. The molecule has 0 aromatic heterocycles. The summed E-state index contributed by atoms with van der Waals surface area (Å²) in [6.45, 7) is 10.4. The van der Waals surface area contributed by atoms with E-state index in [0.29, 0.717) is 24.7 Å². The van der Waals surface area contributed by atoms with Crippen LogP contribution < -0.4 is 16.0 Å². The Labute approximate surface area is 196 Å². The number of nitrogens with zero attached hydrogens (tertiary/aromatic N) is 2. The molecule has 0 radical (unpaired) electrons. The molecular weight excluding hydrogens is 497 g/mol. The average molecular weight is 531 g/mol. The number of aliphatic imine (C=N–C) groups is 1. The quantitative estimate of drug-likeness (QED) is 0.208. The number of carbonyl (C=O) groups excluding carboxylic acids is 2. The van der Waals surface area contributed by atoms with Gasteiger partial charge < -0.3 is 20.3 Å². The highest BCUT2D eigenvalue weighted by atomic mass is 127. The monoisotopic (exact) mass is 531 g/mol. The fraction of sp³-hybridized carbons (Fsp3) is 0.476. The second kappa shape index (κ2) is 13.8. The van der Waals surface area contributed by atoms with E-state index in [4.69, 9.17) is 4.74 Å². The zero-order valence-electron chi connectivity index (χ0n) is 18.4. The number of hydrogen-bond donors (Lipinski definition) is 3. The third kappa shape index (κ3) is 12.3. The van der Waals surface area contributed by atoms with Crippen molar-refractivity contribution in [3.8, 4) is 0 Å². The Hall–Kier alpha value is -2.30. The van der Waals surface area contributed by atoms with Crippen molar-refractivity contribution in [3.05, 3.63) is 42.5 Å². The average Bonchev–Trinajstić information content (AvgIpc) is 2.62. The van der Waals surface area contributed by atoms with Gasteiger partial charge in [-0.25, -0.2) is 9.79 Å². The number of anilines is 1. The van der Waals surface area contributed by atoms with Crippen molar-refractivity contribution >= 4 is 47.6 Å². The summed E-state index contributed by atoms with van der Waals surface area (Å²) < 4.78 is 5.24. The molecule has 1 aromatic rings. The topological polar surface area (TPSA) is 95.1 Å². The van der Waals surface area contributed by atoms with E-state index in [9.17, 15) is 9.59 Å². The minimum absolute atomic E-state index is 0. The molecule has 0 atom stereocenters. The van der Waals surface area contributed by atoms with Gasteiger partial charge in [-0.15, -0.1) is 30.6 Å². The van der Waals surface area contributed by atoms with Crippen LogP contribution in [0.2, 0.25) is 0 Å². The summed E-state index contributed by atoms with van der Waals surface area (Å²) >= 11 is 0. The maximum absolute atomic E-state index is 11.8. The van der Waals surface area contributed by atoms with Crippen LogP contribution in [-0.2, 0) is 16.0 Å². The number of amides is 2. The van der Waals surface area contributed by atoms with Gasteiger partial charge in [-0.1, -0.05) is 18.2 Å². The van der Waals surface area contributed by atoms with Crippen LogP contribution in [-0.4, -0.2) is 62.2 Å². The molecule has 0 bridgehead atoms. The maximum Gasteiger partial charge on any atom is 0.412 e. The van der Waals surface area contributed by atoms with Gasteiger partial charge in [0, 0.05) is 32.9 Å². The van der Waals surface area contributed by atoms with Crippen LogP contribution in [0.4, 0.5) is 10.5 Å². The standard InChI is InChI=1S/C21H33N5O3.HI/c1-7-13-22-19(24-15-18(27)26(5)6)23-14-12-16-8-10-17(11-9-16)25-20(28)29-21(2,3)4;/h7-11H,1,12-15H2,2-6H3,(H,25,28)(H2,22,23,24);1H. The van der Waals surface area contributed by atoms with Crippen molar-refractivity contribution in [2.45, 2.75) is 32.8 Å². The van der Waals surface area contributed by atoms with E-state index >= 15 is 0 Å². The molecule has 168 valence electrons. The third-order valence-corrected chi connectivity index (χ3v) is 3.59. The molecular formula is C21H34IN5O3. The summed E-state index contributed by atoms with van der Waals surface area (Å²) in [5.74, 6) is 0.487. The Bertz CT molecular complexity index is 712. The molecule has 0 unspecified atom stereocenters. The lowest BCUT2D eigenvalue weighted by Gasteiger charge is -2.19. The molecule has 0 spiro atoms. The van der Waals surface area contributed by atoms with E-state index < -0.39 is 11.7 Å². The smallest absolute Gasteiger partial charge is 0.412 e. The minimum Gasteiger partial charge on any atom is -0.444 e. The van der Waals surface area contributed by atoms with E-state index in [-0.39, 0.29) is 36.4 Å². The van der Waals surface area contributed by atoms with Crippen molar-refractivity contribution in [2.75, 3.05) is 39.0 Å². The number of hydrogen-bond acceptors (Lipinski definition) is 4. The van der Waals surface area contributed by atoms with Gasteiger partial charge >= 0.3 is 6.09 Å². The first kappa shape index (κ1) is 27.7. The first-order valence-electron chi connectivity index (χ1n) is 9.53. The largest absolute Gasteiger partial charge is 0.444 e. The molecule has 0 saturated heterocycles. The lowest BCUT2D eigenvalue weighted by Crippen LogP contribution is -2.39. The Morgan fingerprint density at radius 2 is 1.80 bits per heavy atom. The maximum atomic E-state index is 11.8. The first-order chi connectivity index (χ1) is 13.6. The Balaban J connectivity index is 0.00000841. The fourth-order valence-corrected chi connectivity index (χ4v) is 2.13. The second-order valence-electron chi connectivity index (χ2n) is 7.62. The highest BCUT2D eigenvalue weighted by molar-refractivity contribution is 14.0. The molecule has 0 aliphatic rings. The summed E-state index contributed by atoms with van der Waals surface area (Å²) in [7, 11) is 3.40. The summed E-state index contributed by atoms with van der Waals surface area (Å²) in [6.07, 6.45) is 2.00. The van der Waals surface area contributed by atoms with Crippen molar-refractivity contribution in [2.24, 2.45) is 4.99 Å². The molecule has 30 heavy (non-hydrogen) atoms. The van der Waals surface area contributed by atoms with E-state index in [2.05, 4.69) is 27.5 Å². The van der Waals surface area contributed by atoms with Gasteiger partial charge in [0.05, 0.1) is 0 Å². The zero-order valence-corrected chi connectivity index (χ0v) is 20.8. The number of likely N-dealkylation sites (N-methyl/N-ethyl adjacent to an activating group) is 1. The molecule has 1 aromatic carbocycles. The molecule has 0 fully saturated rings. The summed E-state index contributed by atoms with van der Waals surface area (Å²) in [6, 6.07) is 7.55. The van der Waals surface area contributed by atoms with Gasteiger partial charge in [0.25, 0.3) is 0 Å². The van der Waals surface area contributed by atoms with Crippen LogP contribution in [0.3, 0.4) is 0 Å². The van der Waals surface area contributed by atoms with Crippen molar-refractivity contribution in [3.63, 3.8) is 0 Å². The van der Waals surface area contributed by atoms with Crippen molar-refractivity contribution in [1.82, 2.24) is 15.5 Å². The molecule has 8 nitrogen and oxygen atoms in total. The number of halogens is 1. The molecule has 0 aliphatic carbocycles. The molecule has 3 N–H and O–H groups in total. The van der Waals surface area contributed by atoms with Crippen LogP contribution in [0.5, 0.6) is 0 Å². The lowest BCUT2D eigenvalue weighted by atomic mass is 10.1. The number of carbonyl (C=O) groups is 2. The van der Waals surface area contributed by atoms with Crippen LogP contribution >= 0.6 is 24.0 Å².